The van der Waals surface area contributed by atoms with E-state index in [0.29, 0.717) is 5.56 Å². The van der Waals surface area contributed by atoms with E-state index < -0.39 is 25.9 Å². The highest BCUT2D eigenvalue weighted by atomic mass is 31.2. The number of hydrogen-bond donors (Lipinski definition) is 1. The third kappa shape index (κ3) is 4.72. The van der Waals surface area contributed by atoms with E-state index in [1.54, 1.807) is 30.3 Å². The predicted octanol–water partition coefficient (Wildman–Crippen LogP) is 1.71. The van der Waals surface area contributed by atoms with Gasteiger partial charge < -0.3 is 14.7 Å². The lowest BCUT2D eigenvalue weighted by molar-refractivity contribution is -0.234. The van der Waals surface area contributed by atoms with Gasteiger partial charge in [0.05, 0.1) is 13.2 Å². The number of hydrogen-bond acceptors (Lipinski definition) is 6. The lowest BCUT2D eigenvalue weighted by Crippen LogP contribution is -2.39. The smallest absolute Gasteiger partial charge is 0.315 e. The van der Waals surface area contributed by atoms with Crippen LogP contribution >= 0.6 is 7.94 Å². The van der Waals surface area contributed by atoms with Gasteiger partial charge in [0.25, 0.3) is 0 Å². The molecule has 0 aromatic heterocycles. The van der Waals surface area contributed by atoms with E-state index in [2.05, 4.69) is 0 Å². The average Bonchev–Trinajstić information content (AvgIpc) is 2.55. The van der Waals surface area contributed by atoms with Crippen LogP contribution in [0.5, 0.6) is 0 Å². The summed E-state index contributed by atoms with van der Waals surface area (Å²) in [5.74, 6) is -1.66. The molecule has 6 nitrogen and oxygen atoms in total. The Hall–Kier alpha value is -1.04. The Kier molecular flexibility index (Phi) is 5.76. The Morgan fingerprint density at radius 1 is 1.35 bits per heavy atom. The first kappa shape index (κ1) is 18.3. The van der Waals surface area contributed by atoms with Crippen molar-refractivity contribution in [2.24, 2.45) is 11.3 Å². The van der Waals surface area contributed by atoms with Gasteiger partial charge in [0.15, 0.2) is 0 Å². The van der Waals surface area contributed by atoms with Crippen molar-refractivity contribution in [2.75, 3.05) is 26.5 Å². The molecule has 2 unspecified atom stereocenters. The van der Waals surface area contributed by atoms with E-state index in [0.717, 1.165) is 0 Å². The molecular formula is C16H23O6P. The molecule has 0 bridgehead atoms. The Balaban J connectivity index is 2.15. The summed E-state index contributed by atoms with van der Waals surface area (Å²) in [6, 6.07) is 8.71. The van der Waals surface area contributed by atoms with Crippen molar-refractivity contribution >= 4 is 13.9 Å². The van der Waals surface area contributed by atoms with E-state index in [4.69, 9.17) is 13.8 Å². The minimum atomic E-state index is -3.45. The topological polar surface area (TPSA) is 88.1 Å². The number of esters is 1. The van der Waals surface area contributed by atoms with Gasteiger partial charge in [-0.25, -0.2) is 9.05 Å². The van der Waals surface area contributed by atoms with Crippen molar-refractivity contribution in [2.45, 2.75) is 20.0 Å². The molecule has 128 valence electrons. The third-order valence-electron chi connectivity index (χ3n) is 3.75. The zero-order valence-electron chi connectivity index (χ0n) is 13.6. The number of carbonyl (C=O) groups is 1. The second-order valence-corrected chi connectivity index (χ2v) is 8.59. The van der Waals surface area contributed by atoms with Crippen molar-refractivity contribution < 1.29 is 28.6 Å². The van der Waals surface area contributed by atoms with Gasteiger partial charge in [0.2, 0.25) is 7.94 Å². The fraction of sp³-hybridized carbons (Fsp3) is 0.562. The molecule has 0 radical (unpaired) electrons. The van der Waals surface area contributed by atoms with Crippen LogP contribution in [0.15, 0.2) is 30.3 Å². The van der Waals surface area contributed by atoms with E-state index in [-0.39, 0.29) is 24.8 Å². The lowest BCUT2D eigenvalue weighted by atomic mass is 9.97. The normalized spacial score (nSPS) is 22.1. The van der Waals surface area contributed by atoms with Crippen LogP contribution < -0.4 is 4.89 Å². The Bertz CT molecular complexity index is 523. The van der Waals surface area contributed by atoms with Crippen molar-refractivity contribution in [3.05, 3.63) is 35.9 Å². The van der Waals surface area contributed by atoms with Crippen LogP contribution in [0, 0.1) is 11.3 Å². The SMILES string of the molecule is COC(=O)C(C[P+]1([O-])OCC(C)(C)CO1)C(O)c1ccccc1. The summed E-state index contributed by atoms with van der Waals surface area (Å²) in [6.45, 7) is 4.43. The molecule has 1 aromatic rings. The van der Waals surface area contributed by atoms with Crippen molar-refractivity contribution in [1.82, 2.24) is 0 Å². The molecule has 7 heteroatoms. The molecule has 0 amide bonds. The monoisotopic (exact) mass is 342 g/mol. The first-order valence-corrected chi connectivity index (χ1v) is 9.18. The van der Waals surface area contributed by atoms with E-state index in [9.17, 15) is 14.8 Å². The van der Waals surface area contributed by atoms with Crippen LogP contribution in [0.3, 0.4) is 0 Å². The van der Waals surface area contributed by atoms with Crippen LogP contribution in [0.1, 0.15) is 25.5 Å². The second kappa shape index (κ2) is 7.24. The molecule has 23 heavy (non-hydrogen) atoms. The molecule has 0 saturated carbocycles. The van der Waals surface area contributed by atoms with Crippen LogP contribution in [-0.2, 0) is 18.6 Å². The van der Waals surface area contributed by atoms with Gasteiger partial charge in [-0.2, -0.15) is 0 Å². The fourth-order valence-corrected chi connectivity index (χ4v) is 4.52. The highest BCUT2D eigenvalue weighted by Crippen LogP contribution is 2.59. The molecule has 1 aliphatic heterocycles. The summed E-state index contributed by atoms with van der Waals surface area (Å²) in [6.07, 6.45) is -1.36. The second-order valence-electron chi connectivity index (χ2n) is 6.49. The molecule has 0 aliphatic carbocycles. The molecule has 1 N–H and O–H groups in total. The number of ether oxygens (including phenoxy) is 1. The van der Waals surface area contributed by atoms with Crippen LogP contribution in [0.25, 0.3) is 0 Å². The van der Waals surface area contributed by atoms with Crippen LogP contribution in [-0.4, -0.2) is 37.6 Å². The van der Waals surface area contributed by atoms with E-state index in [1.165, 1.54) is 7.11 Å². The van der Waals surface area contributed by atoms with Crippen molar-refractivity contribution in [3.63, 3.8) is 0 Å². The molecule has 2 rings (SSSR count). The number of methoxy groups -OCH3 is 1. The summed E-state index contributed by atoms with van der Waals surface area (Å²) in [5, 5.41) is 10.5. The first-order valence-electron chi connectivity index (χ1n) is 7.45. The highest BCUT2D eigenvalue weighted by molar-refractivity contribution is 7.59. The lowest BCUT2D eigenvalue weighted by Gasteiger charge is -2.39. The summed E-state index contributed by atoms with van der Waals surface area (Å²) >= 11 is 0. The molecule has 0 spiro atoms. The Morgan fingerprint density at radius 2 is 1.91 bits per heavy atom. The van der Waals surface area contributed by atoms with Crippen molar-refractivity contribution in [3.8, 4) is 0 Å². The van der Waals surface area contributed by atoms with E-state index >= 15 is 0 Å². The van der Waals surface area contributed by atoms with E-state index in [1.807, 2.05) is 13.8 Å². The highest BCUT2D eigenvalue weighted by Gasteiger charge is 2.46. The van der Waals surface area contributed by atoms with Crippen LogP contribution in [0.2, 0.25) is 0 Å². The summed E-state index contributed by atoms with van der Waals surface area (Å²) in [4.78, 5) is 24.8. The van der Waals surface area contributed by atoms with Gasteiger partial charge in [-0.3, -0.25) is 4.79 Å². The Labute approximate surface area is 137 Å². The minimum Gasteiger partial charge on any atom is -0.631 e. The van der Waals surface area contributed by atoms with Gasteiger partial charge in [0.1, 0.15) is 25.3 Å². The third-order valence-corrected chi connectivity index (χ3v) is 5.64. The van der Waals surface area contributed by atoms with Gasteiger partial charge in [-0.1, -0.05) is 44.2 Å². The molecule has 2 atom stereocenters. The molecule has 1 aromatic carbocycles. The fourth-order valence-electron chi connectivity index (χ4n) is 2.31. The Morgan fingerprint density at radius 3 is 2.43 bits per heavy atom. The predicted molar refractivity (Wildman–Crippen MR) is 84.4 cm³/mol. The number of aliphatic hydroxyl groups excluding tert-OH is 1. The van der Waals surface area contributed by atoms with Gasteiger partial charge in [0, 0.05) is 5.41 Å². The summed E-state index contributed by atoms with van der Waals surface area (Å²) in [7, 11) is -2.22. The maximum Gasteiger partial charge on any atom is 0.315 e. The number of carbonyl (C=O) groups excluding carboxylic acids is 1. The largest absolute Gasteiger partial charge is 0.631 e. The van der Waals surface area contributed by atoms with Crippen LogP contribution in [0.4, 0.5) is 0 Å². The molecule has 1 heterocycles. The summed E-state index contributed by atoms with van der Waals surface area (Å²) < 4.78 is 15.6. The molecule has 1 aliphatic rings. The maximum absolute atomic E-state index is 12.7. The number of aliphatic hydroxyl groups is 1. The molecule has 1 fully saturated rings. The zero-order chi connectivity index (χ0) is 17.1. The summed E-state index contributed by atoms with van der Waals surface area (Å²) in [5.41, 5.74) is 0.319. The van der Waals surface area contributed by atoms with Gasteiger partial charge in [-0.05, 0) is 5.56 Å². The molecule has 1 saturated heterocycles. The maximum atomic E-state index is 12.7. The number of rotatable bonds is 5. The minimum absolute atomic E-state index is 0.216. The molecular weight excluding hydrogens is 319 g/mol. The number of benzene rings is 1. The van der Waals surface area contributed by atoms with Gasteiger partial charge >= 0.3 is 5.97 Å². The average molecular weight is 342 g/mol. The first-order chi connectivity index (χ1) is 10.8. The van der Waals surface area contributed by atoms with Crippen molar-refractivity contribution in [1.29, 1.82) is 0 Å². The van der Waals surface area contributed by atoms with Gasteiger partial charge in [-0.15, -0.1) is 0 Å². The quantitative estimate of drug-likeness (QED) is 0.647. The standard InChI is InChI=1S/C16H23O6P/c1-16(2)10-21-23(19,22-11-16)9-13(15(18)20-3)14(17)12-7-5-4-6-8-12/h4-8,13-14,17H,9-11H2,1-3H3. The zero-order valence-corrected chi connectivity index (χ0v) is 14.5.